The van der Waals surface area contributed by atoms with Gasteiger partial charge in [-0.25, -0.2) is 0 Å². The SMILES string of the molecule is CN=C(NCC(C)Cc1cccs1)NC1CCN(C(C)C)CC1.I. The molecule has 0 amide bonds. The molecule has 138 valence electrons. The molecule has 0 bridgehead atoms. The van der Waals surface area contributed by atoms with E-state index in [-0.39, 0.29) is 24.0 Å². The summed E-state index contributed by atoms with van der Waals surface area (Å²) in [5, 5.41) is 9.24. The van der Waals surface area contributed by atoms with Crippen LogP contribution in [0, 0.1) is 5.92 Å². The van der Waals surface area contributed by atoms with Gasteiger partial charge in [-0.1, -0.05) is 13.0 Å². The van der Waals surface area contributed by atoms with E-state index in [2.05, 4.69) is 58.8 Å². The zero-order chi connectivity index (χ0) is 16.7. The molecule has 0 saturated carbocycles. The summed E-state index contributed by atoms with van der Waals surface area (Å²) >= 11 is 1.84. The maximum Gasteiger partial charge on any atom is 0.191 e. The van der Waals surface area contributed by atoms with E-state index < -0.39 is 0 Å². The van der Waals surface area contributed by atoms with Crippen LogP contribution in [-0.2, 0) is 6.42 Å². The average molecular weight is 464 g/mol. The molecule has 1 atom stereocenters. The number of thiophene rings is 1. The van der Waals surface area contributed by atoms with Gasteiger partial charge in [0.1, 0.15) is 0 Å². The summed E-state index contributed by atoms with van der Waals surface area (Å²) in [6.45, 7) is 10.2. The first-order chi connectivity index (χ1) is 11.1. The first-order valence-electron chi connectivity index (χ1n) is 8.82. The fourth-order valence-corrected chi connectivity index (χ4v) is 3.93. The fraction of sp³-hybridized carbons (Fsp3) is 0.722. The summed E-state index contributed by atoms with van der Waals surface area (Å²) < 4.78 is 0. The van der Waals surface area contributed by atoms with Crippen LogP contribution >= 0.6 is 35.3 Å². The van der Waals surface area contributed by atoms with Crippen LogP contribution in [0.4, 0.5) is 0 Å². The summed E-state index contributed by atoms with van der Waals surface area (Å²) in [5.41, 5.74) is 0. The highest BCUT2D eigenvalue weighted by Crippen LogP contribution is 2.14. The normalized spacial score (nSPS) is 18.3. The maximum absolute atomic E-state index is 4.39. The maximum atomic E-state index is 4.39. The van der Waals surface area contributed by atoms with E-state index in [4.69, 9.17) is 0 Å². The highest BCUT2D eigenvalue weighted by atomic mass is 127. The number of guanidine groups is 1. The van der Waals surface area contributed by atoms with Crippen LogP contribution in [0.25, 0.3) is 0 Å². The first-order valence-corrected chi connectivity index (χ1v) is 9.70. The predicted molar refractivity (Wildman–Crippen MR) is 117 cm³/mol. The van der Waals surface area contributed by atoms with E-state index >= 15 is 0 Å². The van der Waals surface area contributed by atoms with Crippen LogP contribution in [0.5, 0.6) is 0 Å². The average Bonchev–Trinajstić information content (AvgIpc) is 3.04. The smallest absolute Gasteiger partial charge is 0.191 e. The highest BCUT2D eigenvalue weighted by Gasteiger charge is 2.21. The molecule has 0 spiro atoms. The summed E-state index contributed by atoms with van der Waals surface area (Å²) in [4.78, 5) is 8.40. The zero-order valence-electron chi connectivity index (χ0n) is 15.4. The lowest BCUT2D eigenvalue weighted by Crippen LogP contribution is -2.50. The van der Waals surface area contributed by atoms with Crippen molar-refractivity contribution >= 4 is 41.3 Å². The summed E-state index contributed by atoms with van der Waals surface area (Å²) in [6.07, 6.45) is 3.53. The molecule has 4 nitrogen and oxygen atoms in total. The Morgan fingerprint density at radius 1 is 1.33 bits per heavy atom. The van der Waals surface area contributed by atoms with Gasteiger partial charge >= 0.3 is 0 Å². The largest absolute Gasteiger partial charge is 0.356 e. The van der Waals surface area contributed by atoms with Gasteiger partial charge in [0.05, 0.1) is 0 Å². The molecule has 2 heterocycles. The quantitative estimate of drug-likeness (QED) is 0.384. The third-order valence-electron chi connectivity index (χ3n) is 4.57. The van der Waals surface area contributed by atoms with Crippen LogP contribution in [0.1, 0.15) is 38.5 Å². The Labute approximate surface area is 168 Å². The van der Waals surface area contributed by atoms with Gasteiger partial charge < -0.3 is 15.5 Å². The van der Waals surface area contributed by atoms with E-state index in [1.54, 1.807) is 0 Å². The molecule has 24 heavy (non-hydrogen) atoms. The summed E-state index contributed by atoms with van der Waals surface area (Å²) in [5.74, 6) is 1.56. The van der Waals surface area contributed by atoms with Gasteiger partial charge in [0.15, 0.2) is 5.96 Å². The third-order valence-corrected chi connectivity index (χ3v) is 5.47. The number of nitrogens with zero attached hydrogens (tertiary/aromatic N) is 2. The van der Waals surface area contributed by atoms with Crippen molar-refractivity contribution in [3.05, 3.63) is 22.4 Å². The molecular formula is C18H33IN4S. The van der Waals surface area contributed by atoms with Gasteiger partial charge in [0.2, 0.25) is 0 Å². The lowest BCUT2D eigenvalue weighted by molar-refractivity contribution is 0.167. The second-order valence-corrected chi connectivity index (χ2v) is 7.92. The molecule has 1 aliphatic rings. The second kappa shape index (κ2) is 11.3. The number of hydrogen-bond acceptors (Lipinski definition) is 3. The molecule has 1 fully saturated rings. The Morgan fingerprint density at radius 2 is 2.04 bits per heavy atom. The third kappa shape index (κ3) is 7.27. The van der Waals surface area contributed by atoms with Crippen molar-refractivity contribution in [3.8, 4) is 0 Å². The molecule has 1 aliphatic heterocycles. The highest BCUT2D eigenvalue weighted by molar-refractivity contribution is 14.0. The van der Waals surface area contributed by atoms with Crippen LogP contribution < -0.4 is 10.6 Å². The number of likely N-dealkylation sites (tertiary alicyclic amines) is 1. The lowest BCUT2D eigenvalue weighted by Gasteiger charge is -2.35. The molecule has 1 unspecified atom stereocenters. The Balaban J connectivity index is 0.00000288. The number of halogens is 1. The van der Waals surface area contributed by atoms with Crippen molar-refractivity contribution in [3.63, 3.8) is 0 Å². The van der Waals surface area contributed by atoms with E-state index in [1.807, 2.05) is 18.4 Å². The fourth-order valence-electron chi connectivity index (χ4n) is 3.06. The minimum absolute atomic E-state index is 0. The van der Waals surface area contributed by atoms with Crippen LogP contribution in [0.2, 0.25) is 0 Å². The molecule has 1 aromatic rings. The van der Waals surface area contributed by atoms with E-state index in [0.29, 0.717) is 18.0 Å². The number of aliphatic imine (C=N–C) groups is 1. The molecule has 2 rings (SSSR count). The van der Waals surface area contributed by atoms with E-state index in [0.717, 1.165) is 18.9 Å². The Hall–Kier alpha value is -0.340. The molecule has 0 aromatic carbocycles. The van der Waals surface area contributed by atoms with Crippen molar-refractivity contribution in [2.45, 2.75) is 52.1 Å². The number of rotatable bonds is 6. The van der Waals surface area contributed by atoms with Crippen LogP contribution in [0.3, 0.4) is 0 Å². The Morgan fingerprint density at radius 3 is 2.58 bits per heavy atom. The molecule has 6 heteroatoms. The van der Waals surface area contributed by atoms with Crippen molar-refractivity contribution in [1.29, 1.82) is 0 Å². The molecule has 1 saturated heterocycles. The van der Waals surface area contributed by atoms with E-state index in [9.17, 15) is 0 Å². The second-order valence-electron chi connectivity index (χ2n) is 6.89. The Kier molecular flexibility index (Phi) is 10.2. The van der Waals surface area contributed by atoms with Crippen molar-refractivity contribution in [2.75, 3.05) is 26.7 Å². The van der Waals surface area contributed by atoms with Crippen LogP contribution in [0.15, 0.2) is 22.5 Å². The van der Waals surface area contributed by atoms with Gasteiger partial charge in [-0.2, -0.15) is 0 Å². The molecule has 1 aromatic heterocycles. The van der Waals surface area contributed by atoms with Gasteiger partial charge in [-0.05, 0) is 50.5 Å². The molecular weight excluding hydrogens is 431 g/mol. The topological polar surface area (TPSA) is 39.7 Å². The minimum Gasteiger partial charge on any atom is -0.356 e. The van der Waals surface area contributed by atoms with Crippen molar-refractivity contribution in [2.24, 2.45) is 10.9 Å². The summed E-state index contributed by atoms with van der Waals surface area (Å²) in [6, 6.07) is 5.55. The minimum atomic E-state index is 0. The predicted octanol–water partition coefficient (Wildman–Crippen LogP) is 3.58. The van der Waals surface area contributed by atoms with E-state index in [1.165, 1.54) is 30.8 Å². The van der Waals surface area contributed by atoms with Gasteiger partial charge in [-0.3, -0.25) is 4.99 Å². The number of hydrogen-bond donors (Lipinski definition) is 2. The molecule has 0 radical (unpaired) electrons. The standard InChI is InChI=1S/C18H32N4S.HI/c1-14(2)22-9-7-16(8-10-22)21-18(19-4)20-13-15(3)12-17-6-5-11-23-17;/h5-6,11,14-16H,7-10,12-13H2,1-4H3,(H2,19,20,21);1H. The molecule has 2 N–H and O–H groups in total. The van der Waals surface area contributed by atoms with Gasteiger partial charge in [0.25, 0.3) is 0 Å². The zero-order valence-corrected chi connectivity index (χ0v) is 18.6. The number of piperidine rings is 1. The molecule has 0 aliphatic carbocycles. The van der Waals surface area contributed by atoms with Crippen molar-refractivity contribution < 1.29 is 0 Å². The summed E-state index contributed by atoms with van der Waals surface area (Å²) in [7, 11) is 1.86. The van der Waals surface area contributed by atoms with Crippen molar-refractivity contribution in [1.82, 2.24) is 15.5 Å². The Bertz CT molecular complexity index is 467. The van der Waals surface area contributed by atoms with Gasteiger partial charge in [0, 0.05) is 43.6 Å². The monoisotopic (exact) mass is 464 g/mol. The lowest BCUT2D eigenvalue weighted by atomic mass is 10.0. The number of nitrogens with one attached hydrogen (secondary N) is 2. The van der Waals surface area contributed by atoms with Crippen LogP contribution in [-0.4, -0.2) is 49.6 Å². The van der Waals surface area contributed by atoms with Gasteiger partial charge in [-0.15, -0.1) is 35.3 Å². The first kappa shape index (κ1) is 21.7.